The minimum Gasteiger partial charge on any atom is -0.379 e. The van der Waals surface area contributed by atoms with Crippen molar-refractivity contribution in [2.75, 3.05) is 5.32 Å². The molecule has 0 saturated heterocycles. The summed E-state index contributed by atoms with van der Waals surface area (Å²) in [5.41, 5.74) is 1.22. The Morgan fingerprint density at radius 3 is 3.00 bits per heavy atom. The highest BCUT2D eigenvalue weighted by Crippen LogP contribution is 2.21. The predicted octanol–water partition coefficient (Wildman–Crippen LogP) is 3.53. The normalized spacial score (nSPS) is 9.94. The monoisotopic (exact) mass is 266 g/mol. The Kier molecular flexibility index (Phi) is 3.62. The Hall–Kier alpha value is -1.57. The molecule has 1 aromatic carbocycles. The van der Waals surface area contributed by atoms with Crippen molar-refractivity contribution in [3.8, 4) is 12.3 Å². The van der Waals surface area contributed by atoms with Crippen molar-refractivity contribution in [3.05, 3.63) is 45.1 Å². The molecule has 0 saturated carbocycles. The van der Waals surface area contributed by atoms with Gasteiger partial charge in [-0.15, -0.1) is 17.8 Å². The number of nitrogens with zero attached hydrogens (tertiary/aromatic N) is 1. The van der Waals surface area contributed by atoms with Crippen LogP contribution < -0.4 is 5.32 Å². The summed E-state index contributed by atoms with van der Waals surface area (Å²) in [6.45, 7) is 0.560. The first-order valence-electron chi connectivity index (χ1n) is 4.79. The largest absolute Gasteiger partial charge is 0.379 e. The van der Waals surface area contributed by atoms with Crippen molar-refractivity contribution < 1.29 is 4.39 Å². The van der Waals surface area contributed by atoms with Gasteiger partial charge in [0.2, 0.25) is 0 Å². The van der Waals surface area contributed by atoms with E-state index in [0.717, 1.165) is 10.6 Å². The highest BCUT2D eigenvalue weighted by molar-refractivity contribution is 7.15. The number of benzene rings is 1. The molecule has 0 atom stereocenters. The molecular formula is C12H8ClFN2S. The van der Waals surface area contributed by atoms with Gasteiger partial charge in [-0.05, 0) is 18.2 Å². The van der Waals surface area contributed by atoms with Gasteiger partial charge >= 0.3 is 0 Å². The van der Waals surface area contributed by atoms with E-state index in [-0.39, 0.29) is 5.82 Å². The highest BCUT2D eigenvalue weighted by Gasteiger charge is 2.03. The molecule has 0 aliphatic carbocycles. The average Bonchev–Trinajstić information content (AvgIpc) is 2.73. The van der Waals surface area contributed by atoms with E-state index in [4.69, 9.17) is 18.0 Å². The number of rotatable bonds is 3. The molecular weight excluding hydrogens is 259 g/mol. The van der Waals surface area contributed by atoms with Crippen LogP contribution in [0.5, 0.6) is 0 Å². The Balaban J connectivity index is 2.12. The summed E-state index contributed by atoms with van der Waals surface area (Å²) in [6, 6.07) is 4.30. The average molecular weight is 267 g/mol. The third-order valence-electron chi connectivity index (χ3n) is 2.12. The van der Waals surface area contributed by atoms with E-state index in [1.54, 1.807) is 12.3 Å². The minimum atomic E-state index is -0.343. The van der Waals surface area contributed by atoms with E-state index in [2.05, 4.69) is 16.2 Å². The third-order valence-corrected chi connectivity index (χ3v) is 3.23. The second-order valence-electron chi connectivity index (χ2n) is 3.27. The van der Waals surface area contributed by atoms with Crippen molar-refractivity contribution in [3.63, 3.8) is 0 Å². The van der Waals surface area contributed by atoms with Crippen LogP contribution in [0.25, 0.3) is 0 Å². The maximum atomic E-state index is 13.0. The fourth-order valence-electron chi connectivity index (χ4n) is 1.34. The number of hydrogen-bond acceptors (Lipinski definition) is 3. The summed E-state index contributed by atoms with van der Waals surface area (Å²) >= 11 is 7.11. The van der Waals surface area contributed by atoms with E-state index >= 15 is 0 Å². The van der Waals surface area contributed by atoms with Crippen LogP contribution in [0.2, 0.25) is 4.47 Å². The molecule has 86 valence electrons. The first-order chi connectivity index (χ1) is 8.19. The molecule has 0 fully saturated rings. The van der Waals surface area contributed by atoms with Gasteiger partial charge in [0, 0.05) is 11.1 Å². The zero-order chi connectivity index (χ0) is 12.3. The molecule has 1 N–H and O–H groups in total. The Morgan fingerprint density at radius 1 is 1.53 bits per heavy atom. The van der Waals surface area contributed by atoms with Crippen LogP contribution in [-0.4, -0.2) is 4.98 Å². The van der Waals surface area contributed by atoms with E-state index < -0.39 is 0 Å². The Morgan fingerprint density at radius 2 is 2.35 bits per heavy atom. The second kappa shape index (κ2) is 5.17. The van der Waals surface area contributed by atoms with Gasteiger partial charge in [0.05, 0.1) is 17.8 Å². The molecule has 2 aromatic rings. The molecule has 1 aromatic heterocycles. The van der Waals surface area contributed by atoms with Crippen LogP contribution in [0, 0.1) is 18.2 Å². The molecule has 0 amide bonds. The lowest BCUT2D eigenvalue weighted by Crippen LogP contribution is -2.00. The number of hydrogen-bond donors (Lipinski definition) is 1. The van der Waals surface area contributed by atoms with Gasteiger partial charge in [0.25, 0.3) is 0 Å². The van der Waals surface area contributed by atoms with Crippen molar-refractivity contribution >= 4 is 28.6 Å². The van der Waals surface area contributed by atoms with Crippen LogP contribution in [0.4, 0.5) is 10.1 Å². The standard InChI is InChI=1S/C12H8ClFN2S/c1-2-8-5-9(14)3-4-11(8)15-6-10-7-16-12(13)17-10/h1,3-5,7,15H,6H2. The molecule has 0 aliphatic rings. The zero-order valence-corrected chi connectivity index (χ0v) is 10.3. The molecule has 5 heteroatoms. The summed E-state index contributed by atoms with van der Waals surface area (Å²) < 4.78 is 13.5. The number of aromatic nitrogens is 1. The maximum absolute atomic E-state index is 13.0. The van der Waals surface area contributed by atoms with Gasteiger partial charge in [-0.1, -0.05) is 17.5 Å². The van der Waals surface area contributed by atoms with Gasteiger partial charge in [0.15, 0.2) is 4.47 Å². The first kappa shape index (κ1) is 11.9. The van der Waals surface area contributed by atoms with Crippen LogP contribution in [0.1, 0.15) is 10.4 Å². The molecule has 17 heavy (non-hydrogen) atoms. The zero-order valence-electron chi connectivity index (χ0n) is 8.71. The third kappa shape index (κ3) is 2.96. The molecule has 0 aliphatic heterocycles. The van der Waals surface area contributed by atoms with E-state index in [1.165, 1.54) is 23.5 Å². The van der Waals surface area contributed by atoms with Crippen LogP contribution >= 0.6 is 22.9 Å². The maximum Gasteiger partial charge on any atom is 0.183 e. The van der Waals surface area contributed by atoms with Gasteiger partial charge in [0.1, 0.15) is 5.82 Å². The summed E-state index contributed by atoms with van der Waals surface area (Å²) in [5, 5.41) is 3.12. The van der Waals surface area contributed by atoms with Crippen LogP contribution in [0.3, 0.4) is 0 Å². The molecule has 2 rings (SSSR count). The number of terminal acetylenes is 1. The number of nitrogens with one attached hydrogen (secondary N) is 1. The lowest BCUT2D eigenvalue weighted by Gasteiger charge is -2.07. The fraction of sp³-hybridized carbons (Fsp3) is 0.0833. The first-order valence-corrected chi connectivity index (χ1v) is 5.98. The van der Waals surface area contributed by atoms with Crippen LogP contribution in [-0.2, 0) is 6.54 Å². The van der Waals surface area contributed by atoms with E-state index in [0.29, 0.717) is 16.6 Å². The molecule has 0 unspecified atom stereocenters. The SMILES string of the molecule is C#Cc1cc(F)ccc1NCc1cnc(Cl)s1. The molecule has 0 bridgehead atoms. The second-order valence-corrected chi connectivity index (χ2v) is 4.96. The Bertz CT molecular complexity index is 574. The van der Waals surface area contributed by atoms with Gasteiger partial charge in [-0.3, -0.25) is 0 Å². The Labute approximate surface area is 107 Å². The summed E-state index contributed by atoms with van der Waals surface area (Å²) in [5.74, 6) is 2.09. The summed E-state index contributed by atoms with van der Waals surface area (Å²) in [6.07, 6.45) is 7.00. The number of halogens is 2. The van der Waals surface area contributed by atoms with Gasteiger partial charge in [-0.25, -0.2) is 9.37 Å². The van der Waals surface area contributed by atoms with Gasteiger partial charge in [-0.2, -0.15) is 0 Å². The smallest absolute Gasteiger partial charge is 0.183 e. The molecule has 0 radical (unpaired) electrons. The topological polar surface area (TPSA) is 24.9 Å². The van der Waals surface area contributed by atoms with Crippen molar-refractivity contribution in [2.45, 2.75) is 6.54 Å². The lowest BCUT2D eigenvalue weighted by atomic mass is 10.2. The van der Waals surface area contributed by atoms with E-state index in [9.17, 15) is 4.39 Å². The fourth-order valence-corrected chi connectivity index (χ4v) is 2.26. The lowest BCUT2D eigenvalue weighted by molar-refractivity contribution is 0.627. The van der Waals surface area contributed by atoms with Gasteiger partial charge < -0.3 is 5.32 Å². The van der Waals surface area contributed by atoms with Crippen molar-refractivity contribution in [1.29, 1.82) is 0 Å². The minimum absolute atomic E-state index is 0.343. The summed E-state index contributed by atoms with van der Waals surface area (Å²) in [7, 11) is 0. The quantitative estimate of drug-likeness (QED) is 0.860. The van der Waals surface area contributed by atoms with Crippen molar-refractivity contribution in [1.82, 2.24) is 4.98 Å². The molecule has 0 spiro atoms. The van der Waals surface area contributed by atoms with Crippen molar-refractivity contribution in [2.24, 2.45) is 0 Å². The number of anilines is 1. The number of thiazole rings is 1. The molecule has 1 heterocycles. The predicted molar refractivity (Wildman–Crippen MR) is 68.8 cm³/mol. The van der Waals surface area contributed by atoms with Crippen LogP contribution in [0.15, 0.2) is 24.4 Å². The summed E-state index contributed by atoms with van der Waals surface area (Å²) in [4.78, 5) is 4.92. The molecule has 2 nitrogen and oxygen atoms in total. The van der Waals surface area contributed by atoms with E-state index in [1.807, 2.05) is 0 Å². The highest BCUT2D eigenvalue weighted by atomic mass is 35.5.